The number of carbonyl (C=O) groups excluding carboxylic acids is 1. The molecule has 0 fully saturated rings. The van der Waals surface area contributed by atoms with E-state index >= 15 is 0 Å². The summed E-state index contributed by atoms with van der Waals surface area (Å²) in [4.78, 5) is 15.8. The van der Waals surface area contributed by atoms with Crippen molar-refractivity contribution in [3.8, 4) is 11.5 Å². The Morgan fingerprint density at radius 1 is 1.43 bits per heavy atom. The van der Waals surface area contributed by atoms with Crippen LogP contribution in [0.2, 0.25) is 5.02 Å². The molecular weight excluding hydrogens is 322 g/mol. The number of hydrazone groups is 1. The van der Waals surface area contributed by atoms with E-state index < -0.39 is 5.91 Å². The standard InChI is InChI=1S/C15H14ClN3O4/c1-8-14(22)12(9(7-20)5-17-8)6-18-19-15(23)11-3-2-10(16)4-13(11)21/h2-6,20-22H,7H2,1H3,(H,19,23)/b18-6-. The molecule has 8 heteroatoms. The van der Waals surface area contributed by atoms with Crippen molar-refractivity contribution in [3.63, 3.8) is 0 Å². The van der Waals surface area contributed by atoms with Crippen LogP contribution in [0.4, 0.5) is 0 Å². The van der Waals surface area contributed by atoms with Crippen LogP contribution in [-0.2, 0) is 6.61 Å². The minimum atomic E-state index is -0.647. The van der Waals surface area contributed by atoms with Crippen molar-refractivity contribution in [2.75, 3.05) is 0 Å². The first kappa shape index (κ1) is 16.7. The maximum Gasteiger partial charge on any atom is 0.275 e. The van der Waals surface area contributed by atoms with Gasteiger partial charge in [0.2, 0.25) is 0 Å². The van der Waals surface area contributed by atoms with Crippen LogP contribution in [0, 0.1) is 6.92 Å². The summed E-state index contributed by atoms with van der Waals surface area (Å²) in [5.74, 6) is -1.06. The van der Waals surface area contributed by atoms with Crippen LogP contribution in [0.15, 0.2) is 29.5 Å². The van der Waals surface area contributed by atoms with Gasteiger partial charge < -0.3 is 15.3 Å². The number of aliphatic hydroxyl groups is 1. The molecule has 2 aromatic rings. The Balaban J connectivity index is 2.19. The lowest BCUT2D eigenvalue weighted by Crippen LogP contribution is -2.18. The maximum atomic E-state index is 11.9. The number of pyridine rings is 1. The second-order valence-corrected chi connectivity index (χ2v) is 5.09. The van der Waals surface area contributed by atoms with Crippen molar-refractivity contribution >= 4 is 23.7 Å². The Kier molecular flexibility index (Phi) is 5.15. The van der Waals surface area contributed by atoms with Gasteiger partial charge in [-0.3, -0.25) is 9.78 Å². The third-order valence-corrected chi connectivity index (χ3v) is 3.33. The molecule has 0 unspecified atom stereocenters. The molecule has 23 heavy (non-hydrogen) atoms. The molecule has 0 saturated heterocycles. The van der Waals surface area contributed by atoms with E-state index in [1.54, 1.807) is 6.92 Å². The molecule has 0 aliphatic carbocycles. The minimum absolute atomic E-state index is 0.00376. The summed E-state index contributed by atoms with van der Waals surface area (Å²) in [5, 5.41) is 32.9. The molecule has 0 radical (unpaired) electrons. The van der Waals surface area contributed by atoms with Crippen LogP contribution >= 0.6 is 11.6 Å². The van der Waals surface area contributed by atoms with Crippen molar-refractivity contribution < 1.29 is 20.1 Å². The second kappa shape index (κ2) is 7.08. The number of carbonyl (C=O) groups is 1. The molecule has 1 aromatic carbocycles. The first-order chi connectivity index (χ1) is 10.9. The number of halogens is 1. The highest BCUT2D eigenvalue weighted by Crippen LogP contribution is 2.23. The summed E-state index contributed by atoms with van der Waals surface area (Å²) in [6, 6.07) is 4.06. The molecular formula is C15H14ClN3O4. The van der Waals surface area contributed by atoms with Crippen LogP contribution < -0.4 is 5.43 Å². The smallest absolute Gasteiger partial charge is 0.275 e. The van der Waals surface area contributed by atoms with Crippen LogP contribution in [-0.4, -0.2) is 32.4 Å². The molecule has 120 valence electrons. The van der Waals surface area contributed by atoms with Crippen LogP contribution in [0.3, 0.4) is 0 Å². The molecule has 0 spiro atoms. The predicted octanol–water partition coefficient (Wildman–Crippen LogP) is 1.71. The Morgan fingerprint density at radius 3 is 2.83 bits per heavy atom. The third-order valence-electron chi connectivity index (χ3n) is 3.09. The van der Waals surface area contributed by atoms with Gasteiger partial charge in [0.05, 0.1) is 24.1 Å². The van der Waals surface area contributed by atoms with Gasteiger partial charge in [-0.05, 0) is 25.1 Å². The van der Waals surface area contributed by atoms with E-state index in [4.69, 9.17) is 11.6 Å². The highest BCUT2D eigenvalue weighted by atomic mass is 35.5. The van der Waals surface area contributed by atoms with E-state index in [0.29, 0.717) is 16.3 Å². The molecule has 1 aromatic heterocycles. The van der Waals surface area contributed by atoms with E-state index in [0.717, 1.165) is 0 Å². The van der Waals surface area contributed by atoms with Crippen molar-refractivity contribution in [3.05, 3.63) is 51.8 Å². The van der Waals surface area contributed by atoms with E-state index in [2.05, 4.69) is 15.5 Å². The van der Waals surface area contributed by atoms with E-state index in [1.807, 2.05) is 0 Å². The van der Waals surface area contributed by atoms with Gasteiger partial charge in [-0.2, -0.15) is 5.10 Å². The Hall–Kier alpha value is -2.64. The predicted molar refractivity (Wildman–Crippen MR) is 84.7 cm³/mol. The number of aryl methyl sites for hydroxylation is 1. The molecule has 2 rings (SSSR count). The van der Waals surface area contributed by atoms with Gasteiger partial charge in [0.15, 0.2) is 0 Å². The van der Waals surface area contributed by atoms with Crippen molar-refractivity contribution in [2.24, 2.45) is 5.10 Å². The SMILES string of the molecule is Cc1ncc(CO)c(/C=N\NC(=O)c2ccc(Cl)cc2O)c1O. The lowest BCUT2D eigenvalue weighted by molar-refractivity contribution is 0.0952. The molecule has 0 aliphatic heterocycles. The number of aromatic hydroxyl groups is 2. The molecule has 7 nitrogen and oxygen atoms in total. The van der Waals surface area contributed by atoms with Crippen LogP contribution in [0.5, 0.6) is 11.5 Å². The number of phenols is 1. The normalized spacial score (nSPS) is 10.9. The summed E-state index contributed by atoms with van der Waals surface area (Å²) < 4.78 is 0. The minimum Gasteiger partial charge on any atom is -0.507 e. The molecule has 1 amide bonds. The van der Waals surface area contributed by atoms with Gasteiger partial charge in [0.1, 0.15) is 11.5 Å². The first-order valence-electron chi connectivity index (χ1n) is 6.54. The summed E-state index contributed by atoms with van der Waals surface area (Å²) in [5.41, 5.74) is 3.20. The lowest BCUT2D eigenvalue weighted by atomic mass is 10.1. The molecule has 0 saturated carbocycles. The zero-order valence-electron chi connectivity index (χ0n) is 12.1. The van der Waals surface area contributed by atoms with Gasteiger partial charge in [0.25, 0.3) is 5.91 Å². The van der Waals surface area contributed by atoms with E-state index in [9.17, 15) is 20.1 Å². The number of amides is 1. The van der Waals surface area contributed by atoms with E-state index in [-0.39, 0.29) is 29.2 Å². The third kappa shape index (κ3) is 3.77. The quantitative estimate of drug-likeness (QED) is 0.501. The fraction of sp³-hybridized carbons (Fsp3) is 0.133. The highest BCUT2D eigenvalue weighted by molar-refractivity contribution is 6.30. The number of hydrogen-bond acceptors (Lipinski definition) is 6. The molecule has 1 heterocycles. The molecule has 0 bridgehead atoms. The molecule has 4 N–H and O–H groups in total. The highest BCUT2D eigenvalue weighted by Gasteiger charge is 2.12. The second-order valence-electron chi connectivity index (χ2n) is 4.65. The average molecular weight is 336 g/mol. The number of nitrogens with zero attached hydrogens (tertiary/aromatic N) is 2. The topological polar surface area (TPSA) is 115 Å². The van der Waals surface area contributed by atoms with Gasteiger partial charge in [-0.1, -0.05) is 11.6 Å². The van der Waals surface area contributed by atoms with Gasteiger partial charge >= 0.3 is 0 Å². The van der Waals surface area contributed by atoms with Gasteiger partial charge in [-0.15, -0.1) is 0 Å². The molecule has 0 aliphatic rings. The Bertz CT molecular complexity index is 778. The summed E-state index contributed by atoms with van der Waals surface area (Å²) in [6.07, 6.45) is 2.60. The maximum absolute atomic E-state index is 11.9. The fourth-order valence-corrected chi connectivity index (χ4v) is 2.00. The van der Waals surface area contributed by atoms with Gasteiger partial charge in [0, 0.05) is 22.3 Å². The number of aromatic nitrogens is 1. The lowest BCUT2D eigenvalue weighted by Gasteiger charge is -2.07. The monoisotopic (exact) mass is 335 g/mol. The summed E-state index contributed by atoms with van der Waals surface area (Å²) >= 11 is 5.69. The Morgan fingerprint density at radius 2 is 2.17 bits per heavy atom. The largest absolute Gasteiger partial charge is 0.507 e. The van der Waals surface area contributed by atoms with Crippen LogP contribution in [0.1, 0.15) is 27.2 Å². The van der Waals surface area contributed by atoms with Gasteiger partial charge in [-0.25, -0.2) is 5.43 Å². The number of phenolic OH excluding ortho intramolecular Hbond substituents is 1. The first-order valence-corrected chi connectivity index (χ1v) is 6.92. The summed E-state index contributed by atoms with van der Waals surface area (Å²) in [6.45, 7) is 1.26. The Labute approximate surface area is 136 Å². The van der Waals surface area contributed by atoms with Crippen LogP contribution in [0.25, 0.3) is 0 Å². The van der Waals surface area contributed by atoms with Crippen molar-refractivity contribution in [2.45, 2.75) is 13.5 Å². The van der Waals surface area contributed by atoms with Crippen molar-refractivity contribution in [1.29, 1.82) is 0 Å². The fourth-order valence-electron chi connectivity index (χ4n) is 1.83. The number of rotatable bonds is 4. The average Bonchev–Trinajstić information content (AvgIpc) is 2.51. The van der Waals surface area contributed by atoms with Crippen molar-refractivity contribution in [1.82, 2.24) is 10.4 Å². The molecule has 0 atom stereocenters. The number of benzene rings is 1. The number of aliphatic hydroxyl groups excluding tert-OH is 1. The van der Waals surface area contributed by atoms with E-state index in [1.165, 1.54) is 30.6 Å². The number of nitrogens with one attached hydrogen (secondary N) is 1. The number of hydrogen-bond donors (Lipinski definition) is 4. The zero-order chi connectivity index (χ0) is 17.0. The summed E-state index contributed by atoms with van der Waals surface area (Å²) in [7, 11) is 0. The zero-order valence-corrected chi connectivity index (χ0v) is 12.9.